The molecule has 0 heterocycles. The third-order valence-corrected chi connectivity index (χ3v) is 0.839. The second kappa shape index (κ2) is 3.89. The quantitative estimate of drug-likeness (QED) is 0.386. The van der Waals surface area contributed by atoms with Crippen molar-refractivity contribution in [2.24, 2.45) is 4.47 Å². The van der Waals surface area contributed by atoms with E-state index < -0.39 is 0 Å². The van der Waals surface area contributed by atoms with Gasteiger partial charge in [-0.1, -0.05) is 4.47 Å². The van der Waals surface area contributed by atoms with Crippen LogP contribution in [0.2, 0.25) is 0 Å². The van der Waals surface area contributed by atoms with Crippen LogP contribution in [0.3, 0.4) is 0 Å². The highest BCUT2D eigenvalue weighted by Crippen LogP contribution is 1.68. The summed E-state index contributed by atoms with van der Waals surface area (Å²) in [5.74, 6) is 0. The Morgan fingerprint density at radius 3 is 2.71 bits per heavy atom. The molecule has 1 amide bonds. The zero-order valence-corrected chi connectivity index (χ0v) is 5.33. The van der Waals surface area contributed by atoms with Crippen molar-refractivity contribution < 1.29 is 4.79 Å². The van der Waals surface area contributed by atoms with Crippen LogP contribution in [0, 0.1) is 0 Å². The number of nitrogens with zero attached hydrogens (tertiary/aromatic N) is 2. The molecule has 0 aliphatic carbocycles. The normalized spacial score (nSPS) is 7.00. The SMILES string of the molecule is CN(C=O)N=S=S. The van der Waals surface area contributed by atoms with Gasteiger partial charge in [-0.2, -0.15) is 0 Å². The Morgan fingerprint density at radius 2 is 2.57 bits per heavy atom. The van der Waals surface area contributed by atoms with Crippen LogP contribution in [-0.4, -0.2) is 18.5 Å². The van der Waals surface area contributed by atoms with E-state index in [1.54, 1.807) is 0 Å². The largest absolute Gasteiger partial charge is 0.277 e. The first-order chi connectivity index (χ1) is 3.31. The van der Waals surface area contributed by atoms with Crippen LogP contribution in [0.4, 0.5) is 0 Å². The number of amides is 1. The summed E-state index contributed by atoms with van der Waals surface area (Å²) < 4.78 is 3.44. The monoisotopic (exact) mass is 136 g/mol. The molecule has 0 saturated carbocycles. The van der Waals surface area contributed by atoms with Crippen molar-refractivity contribution in [1.82, 2.24) is 5.01 Å². The van der Waals surface area contributed by atoms with Crippen LogP contribution in [-0.2, 0) is 26.1 Å². The van der Waals surface area contributed by atoms with Crippen molar-refractivity contribution in [2.45, 2.75) is 0 Å². The molecule has 0 aromatic rings. The highest BCUT2D eigenvalue weighted by atomic mass is 32.8. The average molecular weight is 136 g/mol. The number of carbonyl (C=O) groups excluding carboxylic acids is 1. The van der Waals surface area contributed by atoms with E-state index in [0.29, 0.717) is 6.41 Å². The van der Waals surface area contributed by atoms with Gasteiger partial charge in [0.2, 0.25) is 6.41 Å². The van der Waals surface area contributed by atoms with Gasteiger partial charge in [0, 0.05) is 18.2 Å². The maximum atomic E-state index is 9.67. The molecule has 0 fully saturated rings. The zero-order chi connectivity index (χ0) is 5.70. The van der Waals surface area contributed by atoms with Crippen LogP contribution in [0.1, 0.15) is 0 Å². The molecular weight excluding hydrogens is 132 g/mol. The van der Waals surface area contributed by atoms with Gasteiger partial charge in [-0.05, 0) is 0 Å². The summed E-state index contributed by atoms with van der Waals surface area (Å²) in [4.78, 5) is 9.67. The minimum absolute atomic E-state index is 0.583. The molecule has 0 bridgehead atoms. The fourth-order valence-corrected chi connectivity index (χ4v) is 0.531. The first-order valence-electron chi connectivity index (χ1n) is 1.49. The second-order valence-electron chi connectivity index (χ2n) is 0.835. The van der Waals surface area contributed by atoms with Gasteiger partial charge in [0.1, 0.15) is 0 Å². The van der Waals surface area contributed by atoms with Crippen LogP contribution >= 0.6 is 0 Å². The second-order valence-corrected chi connectivity index (χ2v) is 1.59. The molecule has 40 valence electrons. The Morgan fingerprint density at radius 1 is 2.00 bits per heavy atom. The molecule has 0 unspecified atom stereocenters. The van der Waals surface area contributed by atoms with Crippen LogP contribution < -0.4 is 0 Å². The van der Waals surface area contributed by atoms with Gasteiger partial charge in [-0.3, -0.25) is 4.79 Å². The zero-order valence-electron chi connectivity index (χ0n) is 3.70. The summed E-state index contributed by atoms with van der Waals surface area (Å²) in [6, 6.07) is 0. The predicted octanol–water partition coefficient (Wildman–Crippen LogP) is -0.282. The van der Waals surface area contributed by atoms with Crippen molar-refractivity contribution in [3.05, 3.63) is 0 Å². The lowest BCUT2D eigenvalue weighted by molar-refractivity contribution is -0.116. The summed E-state index contributed by atoms with van der Waals surface area (Å²) in [6.07, 6.45) is 0.583. The fourth-order valence-electron chi connectivity index (χ4n) is 0.0718. The molecule has 0 spiro atoms. The van der Waals surface area contributed by atoms with E-state index >= 15 is 0 Å². The molecule has 0 aromatic carbocycles. The summed E-state index contributed by atoms with van der Waals surface area (Å²) in [6.45, 7) is 0. The Kier molecular flexibility index (Phi) is 3.72. The Bertz CT molecular complexity index is 108. The average Bonchev–Trinajstić information content (AvgIpc) is 1.68. The molecule has 7 heavy (non-hydrogen) atoms. The summed E-state index contributed by atoms with van der Waals surface area (Å²) in [5.41, 5.74) is 0. The van der Waals surface area contributed by atoms with E-state index in [2.05, 4.69) is 15.7 Å². The Hall–Kier alpha value is -0.290. The van der Waals surface area contributed by atoms with Crippen LogP contribution in [0.5, 0.6) is 0 Å². The summed E-state index contributed by atoms with van der Waals surface area (Å²) in [7, 11) is 2.36. The van der Waals surface area contributed by atoms with Crippen LogP contribution in [0.25, 0.3) is 0 Å². The first-order valence-corrected chi connectivity index (χ1v) is 3.19. The number of carbonyl (C=O) groups is 1. The van der Waals surface area contributed by atoms with Gasteiger partial charge < -0.3 is 0 Å². The van der Waals surface area contributed by atoms with E-state index in [1.807, 2.05) is 0 Å². The summed E-state index contributed by atoms with van der Waals surface area (Å²) in [5, 5.41) is 1.11. The molecular formula is C2H4N2OS2. The third-order valence-electron chi connectivity index (χ3n) is 0.315. The van der Waals surface area contributed by atoms with Crippen molar-refractivity contribution in [1.29, 1.82) is 0 Å². The molecule has 0 radical (unpaired) electrons. The number of hydrogen-bond donors (Lipinski definition) is 0. The minimum atomic E-state index is 0.583. The van der Waals surface area contributed by atoms with Crippen LogP contribution in [0.15, 0.2) is 4.47 Å². The lowest BCUT2D eigenvalue weighted by Crippen LogP contribution is -2.04. The van der Waals surface area contributed by atoms with Gasteiger partial charge >= 0.3 is 0 Å². The fraction of sp³-hybridized carbons (Fsp3) is 0.500. The van der Waals surface area contributed by atoms with E-state index in [4.69, 9.17) is 0 Å². The van der Waals surface area contributed by atoms with E-state index in [0.717, 1.165) is 15.1 Å². The van der Waals surface area contributed by atoms with Crippen molar-refractivity contribution in [2.75, 3.05) is 7.05 Å². The van der Waals surface area contributed by atoms with Gasteiger partial charge in [0.25, 0.3) is 0 Å². The summed E-state index contributed by atoms with van der Waals surface area (Å²) >= 11 is 4.34. The lowest BCUT2D eigenvalue weighted by atomic mass is 11.2. The molecule has 0 saturated heterocycles. The maximum absolute atomic E-state index is 9.67. The van der Waals surface area contributed by atoms with Gasteiger partial charge in [0.05, 0.1) is 10.1 Å². The third kappa shape index (κ3) is 3.54. The minimum Gasteiger partial charge on any atom is -0.277 e. The molecule has 0 aliphatic heterocycles. The first kappa shape index (κ1) is 6.71. The number of rotatable bonds is 2. The highest BCUT2D eigenvalue weighted by Gasteiger charge is 1.78. The van der Waals surface area contributed by atoms with E-state index in [9.17, 15) is 4.79 Å². The Labute approximate surface area is 49.7 Å². The molecule has 0 aliphatic rings. The standard InChI is InChI=1S/C2H4N2OS2/c1-4(2-5)3-7-6/h2H,1H3. The molecule has 0 rings (SSSR count). The molecule has 0 N–H and O–H groups in total. The maximum Gasteiger partial charge on any atom is 0.230 e. The van der Waals surface area contributed by atoms with Crippen molar-refractivity contribution in [3.8, 4) is 0 Å². The molecule has 5 heteroatoms. The highest BCUT2D eigenvalue weighted by molar-refractivity contribution is 8.12. The van der Waals surface area contributed by atoms with Crippen molar-refractivity contribution in [3.63, 3.8) is 0 Å². The van der Waals surface area contributed by atoms with Gasteiger partial charge in [0.15, 0.2) is 0 Å². The number of hydrogen-bond acceptors (Lipinski definition) is 3. The van der Waals surface area contributed by atoms with Crippen molar-refractivity contribution >= 4 is 27.7 Å². The molecule has 0 aromatic heterocycles. The predicted molar refractivity (Wildman–Crippen MR) is 31.0 cm³/mol. The van der Waals surface area contributed by atoms with E-state index in [1.165, 1.54) is 7.05 Å². The van der Waals surface area contributed by atoms with Gasteiger partial charge in [-0.15, -0.1) is 0 Å². The molecule has 0 atom stereocenters. The smallest absolute Gasteiger partial charge is 0.230 e. The lowest BCUT2D eigenvalue weighted by Gasteiger charge is -1.93. The van der Waals surface area contributed by atoms with Gasteiger partial charge in [-0.25, -0.2) is 5.01 Å². The van der Waals surface area contributed by atoms with E-state index in [-0.39, 0.29) is 0 Å². The Balaban J connectivity index is 3.56. The molecule has 3 nitrogen and oxygen atoms in total. The topological polar surface area (TPSA) is 32.7 Å².